The molecule has 2 aromatic rings. The van der Waals surface area contributed by atoms with Gasteiger partial charge in [-0.05, 0) is 154 Å². The van der Waals surface area contributed by atoms with Crippen LogP contribution < -0.4 is 18.9 Å². The molecule has 0 unspecified atom stereocenters. The zero-order valence-corrected chi connectivity index (χ0v) is 35.4. The van der Waals surface area contributed by atoms with Crippen LogP contribution in [0.15, 0.2) is 95.2 Å². The first-order valence-corrected chi connectivity index (χ1v) is 19.5. The molecule has 0 aromatic heterocycles. The van der Waals surface area contributed by atoms with E-state index in [0.717, 1.165) is 47.9 Å². The molecule has 0 aliphatic heterocycles. The van der Waals surface area contributed by atoms with Gasteiger partial charge in [0.15, 0.2) is 23.0 Å². The lowest BCUT2D eigenvalue weighted by molar-refractivity contribution is -0.138. The van der Waals surface area contributed by atoms with Gasteiger partial charge in [-0.25, -0.2) is 9.59 Å². The van der Waals surface area contributed by atoms with Crippen LogP contribution in [-0.4, -0.2) is 52.6 Å². The molecule has 0 N–H and O–H groups in total. The van der Waals surface area contributed by atoms with Gasteiger partial charge >= 0.3 is 11.9 Å². The van der Waals surface area contributed by atoms with Crippen LogP contribution in [0.2, 0.25) is 0 Å². The third kappa shape index (κ3) is 18.4. The molecule has 8 nitrogen and oxygen atoms in total. The van der Waals surface area contributed by atoms with Crippen LogP contribution in [0.4, 0.5) is 0 Å². The Labute approximate surface area is 336 Å². The summed E-state index contributed by atoms with van der Waals surface area (Å²) in [5.74, 6) is 1.60. The predicted octanol–water partition coefficient (Wildman–Crippen LogP) is 11.3. The maximum absolute atomic E-state index is 12.1. The fourth-order valence-corrected chi connectivity index (χ4v) is 5.54. The minimum absolute atomic E-state index is 0.298. The van der Waals surface area contributed by atoms with Crippen molar-refractivity contribution in [2.24, 2.45) is 0 Å². The van der Waals surface area contributed by atoms with Crippen molar-refractivity contribution in [1.29, 1.82) is 0 Å². The Hall–Kier alpha value is -5.24. The number of esters is 2. The second-order valence-corrected chi connectivity index (χ2v) is 13.8. The molecule has 0 atom stereocenters. The number of allylic oxidation sites excluding steroid dienone is 8. The highest BCUT2D eigenvalue weighted by Gasteiger charge is 2.14. The van der Waals surface area contributed by atoms with Crippen LogP contribution in [0.25, 0.3) is 12.2 Å². The largest absolute Gasteiger partial charge is 0.493 e. The molecule has 0 saturated carbocycles. The van der Waals surface area contributed by atoms with Crippen molar-refractivity contribution in [3.8, 4) is 23.0 Å². The van der Waals surface area contributed by atoms with E-state index in [4.69, 9.17) is 28.4 Å². The van der Waals surface area contributed by atoms with E-state index in [-0.39, 0.29) is 0 Å². The molecule has 56 heavy (non-hydrogen) atoms. The average molecular weight is 769 g/mol. The van der Waals surface area contributed by atoms with Crippen LogP contribution in [0.5, 0.6) is 23.0 Å². The SMILES string of the molecule is CCOC(=O)/C=C/c1cc(C/C=C/Cc2cc(/C=C/C(=O)OCC)cc(OC)c2OC/C=C(\C)CCC=C(C)C)c(OC/C=C(/C)CCC=C(C)C)c(OC)c1. The molecule has 8 heteroatoms. The summed E-state index contributed by atoms with van der Waals surface area (Å²) < 4.78 is 34.5. The molecule has 0 bridgehead atoms. The molecular weight excluding hydrogens is 705 g/mol. The number of methoxy groups -OCH3 is 2. The van der Waals surface area contributed by atoms with E-state index in [2.05, 4.69) is 78.0 Å². The molecule has 0 saturated heterocycles. The highest BCUT2D eigenvalue weighted by Crippen LogP contribution is 2.36. The van der Waals surface area contributed by atoms with Gasteiger partial charge in [0.2, 0.25) is 0 Å². The van der Waals surface area contributed by atoms with Gasteiger partial charge in [-0.1, -0.05) is 46.6 Å². The van der Waals surface area contributed by atoms with E-state index in [1.165, 1.54) is 34.4 Å². The summed E-state index contributed by atoms with van der Waals surface area (Å²) >= 11 is 0. The lowest BCUT2D eigenvalue weighted by Gasteiger charge is -2.16. The van der Waals surface area contributed by atoms with E-state index in [0.29, 0.717) is 62.3 Å². The van der Waals surface area contributed by atoms with Crippen molar-refractivity contribution >= 4 is 24.1 Å². The Morgan fingerprint density at radius 2 is 0.964 bits per heavy atom. The van der Waals surface area contributed by atoms with Crippen molar-refractivity contribution in [3.63, 3.8) is 0 Å². The van der Waals surface area contributed by atoms with E-state index in [9.17, 15) is 9.59 Å². The van der Waals surface area contributed by atoms with Gasteiger partial charge in [0.25, 0.3) is 0 Å². The molecule has 2 rings (SSSR count). The fraction of sp³-hybridized carbons (Fsp3) is 0.417. The molecule has 0 radical (unpaired) electrons. The monoisotopic (exact) mass is 768 g/mol. The van der Waals surface area contributed by atoms with E-state index < -0.39 is 11.9 Å². The number of carbonyl (C=O) groups is 2. The standard InChI is InChI=1S/C48H64O8/c1-11-53-45(49)25-23-39-31-41(47(43(33-39)51-9)55-29-27-37(7)19-15-17-35(3)4)21-13-14-22-42-32-40(24-26-46(50)54-12-2)34-44(52-10)48(42)56-30-28-38(8)20-16-18-36(5)6/h13-14,17-18,23-28,31-34H,11-12,15-16,19-22,29-30H2,1-10H3/b14-13+,25-23+,26-24+,37-27-,38-28+. The summed E-state index contributed by atoms with van der Waals surface area (Å²) in [6, 6.07) is 7.70. The van der Waals surface area contributed by atoms with Gasteiger partial charge in [0, 0.05) is 23.3 Å². The van der Waals surface area contributed by atoms with Crippen molar-refractivity contribution in [1.82, 2.24) is 0 Å². The average Bonchev–Trinajstić information content (AvgIpc) is 3.15. The first-order chi connectivity index (χ1) is 26.9. The molecule has 0 heterocycles. The Kier molecular flexibility index (Phi) is 22.2. The van der Waals surface area contributed by atoms with Gasteiger partial charge in [-0.15, -0.1) is 0 Å². The zero-order valence-electron chi connectivity index (χ0n) is 35.4. The minimum atomic E-state index is -0.413. The normalized spacial score (nSPS) is 11.9. The Morgan fingerprint density at radius 1 is 0.571 bits per heavy atom. The lowest BCUT2D eigenvalue weighted by Crippen LogP contribution is -2.03. The topological polar surface area (TPSA) is 89.5 Å². The van der Waals surface area contributed by atoms with E-state index >= 15 is 0 Å². The molecule has 0 aliphatic rings. The fourth-order valence-electron chi connectivity index (χ4n) is 5.54. The van der Waals surface area contributed by atoms with Crippen molar-refractivity contribution < 1.29 is 38.0 Å². The summed E-state index contributed by atoms with van der Waals surface area (Å²) in [4.78, 5) is 24.2. The number of hydrogen-bond donors (Lipinski definition) is 0. The van der Waals surface area contributed by atoms with E-state index in [1.54, 1.807) is 40.2 Å². The van der Waals surface area contributed by atoms with Crippen LogP contribution in [-0.2, 0) is 31.9 Å². The lowest BCUT2D eigenvalue weighted by atomic mass is 10.0. The first kappa shape index (κ1) is 46.9. The Morgan fingerprint density at radius 3 is 1.30 bits per heavy atom. The quantitative estimate of drug-likeness (QED) is 0.0592. The molecule has 2 aromatic carbocycles. The molecule has 304 valence electrons. The van der Waals surface area contributed by atoms with Gasteiger partial charge in [-0.2, -0.15) is 0 Å². The summed E-state index contributed by atoms with van der Waals surface area (Å²) in [5.41, 5.74) is 8.47. The van der Waals surface area contributed by atoms with Crippen LogP contribution in [0, 0.1) is 0 Å². The smallest absolute Gasteiger partial charge is 0.330 e. The van der Waals surface area contributed by atoms with Gasteiger partial charge in [-0.3, -0.25) is 0 Å². The Balaban J connectivity index is 2.47. The molecular formula is C48H64O8. The number of ether oxygens (including phenoxy) is 6. The van der Waals surface area contributed by atoms with Crippen molar-refractivity contribution in [3.05, 3.63) is 117 Å². The minimum Gasteiger partial charge on any atom is -0.493 e. The van der Waals surface area contributed by atoms with Gasteiger partial charge < -0.3 is 28.4 Å². The molecule has 0 fully saturated rings. The second kappa shape index (κ2) is 26.5. The zero-order chi connectivity index (χ0) is 41.3. The van der Waals surface area contributed by atoms with E-state index in [1.807, 2.05) is 24.3 Å². The summed E-state index contributed by atoms with van der Waals surface area (Å²) in [5, 5.41) is 0. The highest BCUT2D eigenvalue weighted by molar-refractivity contribution is 5.88. The Bertz CT molecular complexity index is 1650. The number of benzene rings is 2. The summed E-state index contributed by atoms with van der Waals surface area (Å²) in [7, 11) is 3.22. The summed E-state index contributed by atoms with van der Waals surface area (Å²) in [6.07, 6.45) is 24.0. The molecule has 0 spiro atoms. The molecule has 0 amide bonds. The maximum Gasteiger partial charge on any atom is 0.330 e. The third-order valence-electron chi connectivity index (χ3n) is 8.49. The summed E-state index contributed by atoms with van der Waals surface area (Å²) in [6.45, 7) is 17.6. The third-order valence-corrected chi connectivity index (χ3v) is 8.49. The van der Waals surface area contributed by atoms with Crippen LogP contribution in [0.1, 0.15) is 103 Å². The van der Waals surface area contributed by atoms with Gasteiger partial charge in [0.1, 0.15) is 13.2 Å². The predicted molar refractivity (Wildman–Crippen MR) is 230 cm³/mol. The van der Waals surface area contributed by atoms with Crippen LogP contribution in [0.3, 0.4) is 0 Å². The van der Waals surface area contributed by atoms with Crippen molar-refractivity contribution in [2.45, 2.75) is 93.9 Å². The maximum atomic E-state index is 12.1. The molecule has 0 aliphatic carbocycles. The number of rotatable bonds is 24. The second-order valence-electron chi connectivity index (χ2n) is 13.8. The number of carbonyl (C=O) groups excluding carboxylic acids is 2. The number of hydrogen-bond acceptors (Lipinski definition) is 8. The highest BCUT2D eigenvalue weighted by atomic mass is 16.5. The first-order valence-electron chi connectivity index (χ1n) is 19.5. The van der Waals surface area contributed by atoms with Crippen molar-refractivity contribution in [2.75, 3.05) is 40.6 Å². The van der Waals surface area contributed by atoms with Gasteiger partial charge in [0.05, 0.1) is 27.4 Å². The van der Waals surface area contributed by atoms with Crippen LogP contribution >= 0.6 is 0 Å².